The molecule has 0 aromatic heterocycles. The molecule has 222 valence electrons. The van der Waals surface area contributed by atoms with Gasteiger partial charge < -0.3 is 22.6 Å². The Labute approximate surface area is 246 Å². The molecule has 0 aliphatic carbocycles. The van der Waals surface area contributed by atoms with E-state index in [1.165, 1.54) is 7.11 Å². The molecule has 42 heavy (non-hydrogen) atoms. The van der Waals surface area contributed by atoms with Crippen molar-refractivity contribution in [3.63, 3.8) is 0 Å². The molecule has 0 amide bonds. The van der Waals surface area contributed by atoms with Crippen molar-refractivity contribution in [1.29, 1.82) is 0 Å². The molecule has 0 spiro atoms. The van der Waals surface area contributed by atoms with Crippen LogP contribution in [0.5, 0.6) is 28.7 Å². The monoisotopic (exact) mass is 612 g/mol. The van der Waals surface area contributed by atoms with Crippen molar-refractivity contribution in [2.24, 2.45) is 0 Å². The minimum absolute atomic E-state index is 0.0353. The summed E-state index contributed by atoms with van der Waals surface area (Å²) < 4.78 is 75.0. The van der Waals surface area contributed by atoms with Gasteiger partial charge in [0.15, 0.2) is 11.5 Å². The number of rotatable bonds is 11. The molecular weight excluding hydrogens is 580 g/mol. The molecule has 0 bridgehead atoms. The molecule has 0 radical (unpaired) electrons. The summed E-state index contributed by atoms with van der Waals surface area (Å²) in [6, 6.07) is 21.2. The zero-order valence-corrected chi connectivity index (χ0v) is 25.8. The predicted molar refractivity (Wildman–Crippen MR) is 162 cm³/mol. The van der Waals surface area contributed by atoms with Gasteiger partial charge in [0.1, 0.15) is 23.9 Å². The number of benzene rings is 4. The highest BCUT2D eigenvalue weighted by atomic mass is 32.2. The molecule has 4 aromatic carbocycles. The van der Waals surface area contributed by atoms with Gasteiger partial charge >= 0.3 is 20.2 Å². The van der Waals surface area contributed by atoms with Gasteiger partial charge in [-0.1, -0.05) is 48.0 Å². The van der Waals surface area contributed by atoms with Gasteiger partial charge in [0.25, 0.3) is 0 Å². The fourth-order valence-corrected chi connectivity index (χ4v) is 5.40. The van der Waals surface area contributed by atoms with Gasteiger partial charge in [-0.2, -0.15) is 16.8 Å². The van der Waals surface area contributed by atoms with E-state index in [4.69, 9.17) is 22.6 Å². The quantitative estimate of drug-likeness (QED) is 0.191. The van der Waals surface area contributed by atoms with Crippen LogP contribution in [0, 0.1) is 13.8 Å². The van der Waals surface area contributed by atoms with E-state index in [2.05, 4.69) is 0 Å². The third kappa shape index (κ3) is 7.54. The molecule has 0 heterocycles. The van der Waals surface area contributed by atoms with Crippen molar-refractivity contribution in [2.75, 3.05) is 26.7 Å². The SMILES string of the molecule is COc1cc(-c2ccc(OS(C)(=O)=O)cc2)c(OC)c(C)c1-c1ccc(OCc2ccc(C)cc2)c(OS(C)(=O)=O)c1. The third-order valence-electron chi connectivity index (χ3n) is 6.31. The summed E-state index contributed by atoms with van der Waals surface area (Å²) in [6.07, 6.45) is 1.95. The Morgan fingerprint density at radius 1 is 0.643 bits per heavy atom. The van der Waals surface area contributed by atoms with E-state index in [0.717, 1.165) is 34.8 Å². The lowest BCUT2D eigenvalue weighted by Crippen LogP contribution is -2.08. The van der Waals surface area contributed by atoms with E-state index in [0.29, 0.717) is 28.2 Å². The topological polar surface area (TPSA) is 114 Å². The smallest absolute Gasteiger partial charge is 0.306 e. The number of hydrogen-bond donors (Lipinski definition) is 0. The number of hydrogen-bond acceptors (Lipinski definition) is 9. The fourth-order valence-electron chi connectivity index (χ4n) is 4.49. The van der Waals surface area contributed by atoms with Crippen molar-refractivity contribution in [2.45, 2.75) is 20.5 Å². The number of ether oxygens (including phenoxy) is 3. The van der Waals surface area contributed by atoms with Crippen LogP contribution >= 0.6 is 0 Å². The Kier molecular flexibility index (Phi) is 9.03. The van der Waals surface area contributed by atoms with Gasteiger partial charge in [0, 0.05) is 16.7 Å². The van der Waals surface area contributed by atoms with Gasteiger partial charge in [0.2, 0.25) is 0 Å². The molecule has 9 nitrogen and oxygen atoms in total. The first-order valence-corrected chi connectivity index (χ1v) is 16.4. The van der Waals surface area contributed by atoms with Crippen LogP contribution in [0.15, 0.2) is 72.8 Å². The van der Waals surface area contributed by atoms with Gasteiger partial charge in [0.05, 0.1) is 26.7 Å². The van der Waals surface area contributed by atoms with Crippen molar-refractivity contribution in [3.05, 3.63) is 89.5 Å². The lowest BCUT2D eigenvalue weighted by Gasteiger charge is -2.20. The minimum Gasteiger partial charge on any atom is -0.496 e. The van der Waals surface area contributed by atoms with Crippen molar-refractivity contribution in [3.8, 4) is 51.0 Å². The second-order valence-electron chi connectivity index (χ2n) is 9.69. The van der Waals surface area contributed by atoms with Crippen LogP contribution in [0.2, 0.25) is 0 Å². The average Bonchev–Trinajstić information content (AvgIpc) is 2.91. The molecule has 0 saturated carbocycles. The fraction of sp³-hybridized carbons (Fsp3) is 0.226. The molecule has 11 heteroatoms. The number of methoxy groups -OCH3 is 2. The zero-order chi connectivity index (χ0) is 30.7. The van der Waals surface area contributed by atoms with Crippen LogP contribution in [0.1, 0.15) is 16.7 Å². The summed E-state index contributed by atoms with van der Waals surface area (Å²) >= 11 is 0. The van der Waals surface area contributed by atoms with Crippen molar-refractivity contribution < 1.29 is 39.4 Å². The standard InChI is InChI=1S/C31H32O9S2/c1-20-7-9-22(10-8-20)19-38-27-16-13-24(17-28(27)40-42(6,34)35)30-21(2)31(37-4)26(18-29(30)36-3)23-11-14-25(15-12-23)39-41(5,32)33/h7-18H,19H2,1-6H3. The predicted octanol–water partition coefficient (Wildman–Crippen LogP) is 5.91. The molecule has 4 aromatic rings. The molecule has 0 saturated heterocycles. The van der Waals surface area contributed by atoms with E-state index in [1.54, 1.807) is 55.6 Å². The van der Waals surface area contributed by atoms with Gasteiger partial charge in [-0.15, -0.1) is 0 Å². The Morgan fingerprint density at radius 2 is 1.26 bits per heavy atom. The van der Waals surface area contributed by atoms with Crippen LogP contribution < -0.4 is 22.6 Å². The summed E-state index contributed by atoms with van der Waals surface area (Å²) in [5.74, 6) is 1.53. The van der Waals surface area contributed by atoms with E-state index in [9.17, 15) is 16.8 Å². The van der Waals surface area contributed by atoms with Crippen molar-refractivity contribution in [1.82, 2.24) is 0 Å². The molecule has 0 aliphatic heterocycles. The Hall–Kier alpha value is -4.22. The maximum absolute atomic E-state index is 12.1. The minimum atomic E-state index is -3.87. The summed E-state index contributed by atoms with van der Waals surface area (Å²) in [6.45, 7) is 4.07. The first kappa shape index (κ1) is 30.7. The first-order chi connectivity index (χ1) is 19.8. The van der Waals surface area contributed by atoms with Crippen LogP contribution in [-0.4, -0.2) is 43.6 Å². The normalized spacial score (nSPS) is 11.6. The maximum Gasteiger partial charge on any atom is 0.306 e. The van der Waals surface area contributed by atoms with E-state index in [1.807, 2.05) is 38.1 Å². The summed E-state index contributed by atoms with van der Waals surface area (Å²) in [4.78, 5) is 0. The summed E-state index contributed by atoms with van der Waals surface area (Å²) in [7, 11) is -4.45. The molecule has 0 N–H and O–H groups in total. The van der Waals surface area contributed by atoms with Crippen molar-refractivity contribution >= 4 is 20.2 Å². The Bertz CT molecular complexity index is 1800. The Balaban J connectivity index is 1.77. The summed E-state index contributed by atoms with van der Waals surface area (Å²) in [5, 5.41) is 0. The van der Waals surface area contributed by atoms with E-state index in [-0.39, 0.29) is 23.9 Å². The largest absolute Gasteiger partial charge is 0.496 e. The highest BCUT2D eigenvalue weighted by molar-refractivity contribution is 7.86. The highest BCUT2D eigenvalue weighted by Gasteiger charge is 2.22. The third-order valence-corrected chi connectivity index (χ3v) is 7.28. The average molecular weight is 613 g/mol. The second kappa shape index (κ2) is 12.3. The molecule has 0 unspecified atom stereocenters. The van der Waals surface area contributed by atoms with Crippen LogP contribution in [-0.2, 0) is 26.8 Å². The molecule has 0 fully saturated rings. The van der Waals surface area contributed by atoms with Gasteiger partial charge in [-0.3, -0.25) is 0 Å². The lowest BCUT2D eigenvalue weighted by atomic mass is 9.93. The second-order valence-corrected chi connectivity index (χ2v) is 12.8. The van der Waals surface area contributed by atoms with E-state index >= 15 is 0 Å². The number of aryl methyl sites for hydroxylation is 1. The first-order valence-electron chi connectivity index (χ1n) is 12.8. The van der Waals surface area contributed by atoms with Gasteiger partial charge in [-0.25, -0.2) is 0 Å². The zero-order valence-electron chi connectivity index (χ0n) is 24.1. The molecule has 4 rings (SSSR count). The lowest BCUT2D eigenvalue weighted by molar-refractivity contribution is 0.296. The molecular formula is C31H32O9S2. The maximum atomic E-state index is 12.1. The highest BCUT2D eigenvalue weighted by Crippen LogP contribution is 2.46. The van der Waals surface area contributed by atoms with Gasteiger partial charge in [-0.05, 0) is 60.9 Å². The molecule has 0 aliphatic rings. The van der Waals surface area contributed by atoms with Crippen LogP contribution in [0.4, 0.5) is 0 Å². The van der Waals surface area contributed by atoms with E-state index < -0.39 is 20.2 Å². The summed E-state index contributed by atoms with van der Waals surface area (Å²) in [5.41, 5.74) is 5.48. The van der Waals surface area contributed by atoms with Crippen LogP contribution in [0.3, 0.4) is 0 Å². The Morgan fingerprint density at radius 3 is 1.83 bits per heavy atom. The van der Waals surface area contributed by atoms with Crippen LogP contribution in [0.25, 0.3) is 22.3 Å². The molecule has 0 atom stereocenters.